The zero-order valence-electron chi connectivity index (χ0n) is 16.3. The molecule has 0 bridgehead atoms. The number of hydrogen-bond donors (Lipinski definition) is 4. The van der Waals surface area contributed by atoms with E-state index in [0.717, 1.165) is 17.0 Å². The van der Waals surface area contributed by atoms with E-state index in [-0.39, 0.29) is 33.3 Å². The van der Waals surface area contributed by atoms with Crippen molar-refractivity contribution < 1.29 is 13.6 Å². The van der Waals surface area contributed by atoms with Crippen LogP contribution in [0.25, 0.3) is 0 Å². The number of guanidine groups is 1. The van der Waals surface area contributed by atoms with Crippen LogP contribution in [-0.4, -0.2) is 18.0 Å². The second kappa shape index (κ2) is 9.93. The number of nitrogens with one attached hydrogen (secondary N) is 4. The van der Waals surface area contributed by atoms with Gasteiger partial charge in [-0.05, 0) is 47.8 Å². The van der Waals surface area contributed by atoms with Gasteiger partial charge in [0.05, 0.1) is 11.1 Å². The second-order valence-electron chi connectivity index (χ2n) is 6.95. The van der Waals surface area contributed by atoms with Crippen molar-refractivity contribution in [1.82, 2.24) is 16.2 Å². The highest BCUT2D eigenvalue weighted by molar-refractivity contribution is 7.10. The van der Waals surface area contributed by atoms with E-state index in [0.29, 0.717) is 6.42 Å². The van der Waals surface area contributed by atoms with Crippen LogP contribution in [-0.2, 0) is 0 Å². The molecule has 1 saturated heterocycles. The van der Waals surface area contributed by atoms with E-state index in [4.69, 9.17) is 23.2 Å². The highest BCUT2D eigenvalue weighted by atomic mass is 35.5. The molecule has 0 saturated carbocycles. The van der Waals surface area contributed by atoms with E-state index < -0.39 is 23.7 Å². The summed E-state index contributed by atoms with van der Waals surface area (Å²) in [5, 5.41) is 7.55. The molecule has 2 atom stereocenters. The number of halogens is 4. The maximum Gasteiger partial charge on any atom is 0.258 e. The molecule has 2 heterocycles. The highest BCUT2D eigenvalue weighted by Crippen LogP contribution is 2.26. The zero-order chi connectivity index (χ0) is 22.7. The Bertz CT molecular complexity index is 1140. The highest BCUT2D eigenvalue weighted by Gasteiger charge is 2.26. The Balaban J connectivity index is 1.56. The van der Waals surface area contributed by atoms with Gasteiger partial charge in [0.2, 0.25) is 5.96 Å². The Kier molecular flexibility index (Phi) is 7.02. The molecule has 1 aliphatic heterocycles. The Hall–Kier alpha value is -2.56. The summed E-state index contributed by atoms with van der Waals surface area (Å²) >= 11 is 13.2. The third-order valence-electron chi connectivity index (χ3n) is 4.59. The molecule has 1 aromatic heterocycles. The molecule has 4 rings (SSSR count). The van der Waals surface area contributed by atoms with Crippen LogP contribution in [0.15, 0.2) is 58.9 Å². The molecule has 2 unspecified atom stereocenters. The number of nitrogens with zero attached hydrogens (tertiary/aromatic N) is 1. The number of anilines is 1. The van der Waals surface area contributed by atoms with E-state index in [1.807, 2.05) is 17.5 Å². The molecule has 3 aromatic rings. The monoisotopic (exact) mass is 495 g/mol. The van der Waals surface area contributed by atoms with Gasteiger partial charge in [0.15, 0.2) is 0 Å². The molecule has 0 radical (unpaired) electrons. The number of hydrogen-bond acceptors (Lipinski definition) is 5. The third-order valence-corrected chi connectivity index (χ3v) is 6.10. The van der Waals surface area contributed by atoms with Crippen LogP contribution in [0.5, 0.6) is 0 Å². The van der Waals surface area contributed by atoms with E-state index in [1.54, 1.807) is 11.3 Å². The van der Waals surface area contributed by atoms with Crippen molar-refractivity contribution in [3.63, 3.8) is 0 Å². The molecule has 32 heavy (non-hydrogen) atoms. The van der Waals surface area contributed by atoms with Crippen LogP contribution >= 0.6 is 34.5 Å². The number of carbonyl (C=O) groups excluding carboxylic acids is 1. The number of carbonyl (C=O) groups is 1. The molecule has 0 spiro atoms. The van der Waals surface area contributed by atoms with Crippen molar-refractivity contribution in [3.05, 3.63) is 86.0 Å². The van der Waals surface area contributed by atoms with E-state index in [1.165, 1.54) is 24.3 Å². The van der Waals surface area contributed by atoms with Crippen LogP contribution in [0.4, 0.5) is 14.5 Å². The predicted octanol–water partition coefficient (Wildman–Crippen LogP) is 5.10. The molecule has 0 aliphatic carbocycles. The minimum atomic E-state index is -0.719. The van der Waals surface area contributed by atoms with Gasteiger partial charge in [-0.2, -0.15) is 0 Å². The van der Waals surface area contributed by atoms with Crippen molar-refractivity contribution >= 4 is 52.1 Å². The van der Waals surface area contributed by atoms with Crippen molar-refractivity contribution in [2.75, 3.05) is 5.32 Å². The minimum absolute atomic E-state index is 0.0400. The molecule has 1 aliphatic rings. The quantitative estimate of drug-likeness (QED) is 0.300. The largest absolute Gasteiger partial charge is 0.326 e. The van der Waals surface area contributed by atoms with Gasteiger partial charge in [0, 0.05) is 27.6 Å². The van der Waals surface area contributed by atoms with Crippen molar-refractivity contribution in [3.8, 4) is 0 Å². The van der Waals surface area contributed by atoms with Crippen molar-refractivity contribution in [2.24, 2.45) is 4.99 Å². The summed E-state index contributed by atoms with van der Waals surface area (Å²) in [6, 6.07) is 11.6. The molecular weight excluding hydrogens is 479 g/mol. The summed E-state index contributed by atoms with van der Waals surface area (Å²) in [4.78, 5) is 18.3. The normalized spacial score (nSPS) is 18.6. The van der Waals surface area contributed by atoms with E-state index >= 15 is 0 Å². The number of rotatable bonds is 4. The first kappa shape index (κ1) is 22.6. The zero-order valence-corrected chi connectivity index (χ0v) is 18.7. The summed E-state index contributed by atoms with van der Waals surface area (Å²) in [6.45, 7) is 0. The fraction of sp³-hybridized carbons (Fsp3) is 0.143. The number of aliphatic imine (C=N–C) groups is 1. The Morgan fingerprint density at radius 1 is 1.12 bits per heavy atom. The van der Waals surface area contributed by atoms with Gasteiger partial charge in [-0.3, -0.25) is 10.1 Å². The van der Waals surface area contributed by atoms with Crippen molar-refractivity contribution in [1.29, 1.82) is 0 Å². The number of benzene rings is 2. The fourth-order valence-corrected chi connectivity index (χ4v) is 4.26. The third kappa shape index (κ3) is 5.62. The lowest BCUT2D eigenvalue weighted by Crippen LogP contribution is -2.39. The molecule has 6 nitrogen and oxygen atoms in total. The first-order valence-corrected chi connectivity index (χ1v) is 11.1. The van der Waals surface area contributed by atoms with Crippen LogP contribution < -0.4 is 21.5 Å². The van der Waals surface area contributed by atoms with Crippen LogP contribution in [0.1, 0.15) is 27.7 Å². The van der Waals surface area contributed by atoms with Gasteiger partial charge in [-0.1, -0.05) is 29.3 Å². The standard InChI is InChI=1S/C21H17Cl2F2N5OS/c22-12-7-13(24)9-14(8-12)26-21(28-20(31)11-3-4-15(23)16(25)6-11)27-19-10-17(29-30-19)18-2-1-5-32-18/h1-9,17,19,29-30H,10H2,(H2,26,27,28,31). The van der Waals surface area contributed by atoms with Crippen LogP contribution in [0, 0.1) is 11.6 Å². The topological polar surface area (TPSA) is 77.5 Å². The second-order valence-corrected chi connectivity index (χ2v) is 8.77. The summed E-state index contributed by atoms with van der Waals surface area (Å²) in [5.74, 6) is -1.85. The average molecular weight is 496 g/mol. The van der Waals surface area contributed by atoms with Gasteiger partial charge >= 0.3 is 0 Å². The lowest BCUT2D eigenvalue weighted by Gasteiger charge is -2.14. The molecule has 166 valence electrons. The molecule has 2 aromatic carbocycles. The van der Waals surface area contributed by atoms with Gasteiger partial charge in [-0.15, -0.1) is 11.3 Å². The fourth-order valence-electron chi connectivity index (χ4n) is 3.13. The number of amides is 1. The molecular formula is C21H17Cl2F2N5OS. The first-order chi connectivity index (χ1) is 15.4. The predicted molar refractivity (Wildman–Crippen MR) is 123 cm³/mol. The summed E-state index contributed by atoms with van der Waals surface area (Å²) in [7, 11) is 0. The average Bonchev–Trinajstić information content (AvgIpc) is 3.41. The Morgan fingerprint density at radius 3 is 2.69 bits per heavy atom. The minimum Gasteiger partial charge on any atom is -0.326 e. The molecule has 11 heteroatoms. The van der Waals surface area contributed by atoms with Crippen LogP contribution in [0.3, 0.4) is 0 Å². The van der Waals surface area contributed by atoms with E-state index in [9.17, 15) is 13.6 Å². The number of hydrazine groups is 1. The first-order valence-electron chi connectivity index (χ1n) is 9.49. The Labute approximate surface area is 196 Å². The maximum absolute atomic E-state index is 13.8. The van der Waals surface area contributed by atoms with Gasteiger partial charge in [0.25, 0.3) is 5.91 Å². The van der Waals surface area contributed by atoms with E-state index in [2.05, 4.69) is 26.5 Å². The molecule has 1 amide bonds. The van der Waals surface area contributed by atoms with Crippen LogP contribution in [0.2, 0.25) is 10.0 Å². The smallest absolute Gasteiger partial charge is 0.258 e. The summed E-state index contributed by atoms with van der Waals surface area (Å²) in [6.07, 6.45) is 0.219. The van der Waals surface area contributed by atoms with Gasteiger partial charge < -0.3 is 5.32 Å². The SMILES string of the molecule is O=C(NC(=NC1CC(c2cccs2)NN1)Nc1cc(F)cc(Cl)c1)c1ccc(Cl)c(F)c1. The number of thiophene rings is 1. The van der Waals surface area contributed by atoms with Gasteiger partial charge in [-0.25, -0.2) is 24.6 Å². The lowest BCUT2D eigenvalue weighted by atomic mass is 10.2. The van der Waals surface area contributed by atoms with Gasteiger partial charge in [0.1, 0.15) is 17.8 Å². The summed E-state index contributed by atoms with van der Waals surface area (Å²) in [5.41, 5.74) is 6.56. The summed E-state index contributed by atoms with van der Waals surface area (Å²) < 4.78 is 27.6. The lowest BCUT2D eigenvalue weighted by molar-refractivity contribution is 0.0976. The maximum atomic E-state index is 13.8. The molecule has 1 fully saturated rings. The molecule has 4 N–H and O–H groups in total. The van der Waals surface area contributed by atoms with Crippen molar-refractivity contribution in [2.45, 2.75) is 18.6 Å². The Morgan fingerprint density at radius 2 is 1.97 bits per heavy atom.